The van der Waals surface area contributed by atoms with Crippen LogP contribution < -0.4 is 24.8 Å². The minimum absolute atomic E-state index is 0. The summed E-state index contributed by atoms with van der Waals surface area (Å²) in [6.45, 7) is 2.35. The Hall–Kier alpha value is -0.187. The van der Waals surface area contributed by atoms with Gasteiger partial charge in [-0.15, -0.1) is 0 Å². The topological polar surface area (TPSA) is 0 Å². The summed E-state index contributed by atoms with van der Waals surface area (Å²) >= 11 is -0.554. The van der Waals surface area contributed by atoms with E-state index in [1.165, 1.54) is 23.7 Å². The first kappa shape index (κ1) is 19.6. The van der Waals surface area contributed by atoms with Crippen molar-refractivity contribution >= 4 is 20.1 Å². The fourth-order valence-electron chi connectivity index (χ4n) is 4.23. The maximum atomic E-state index is 2.57. The standard InChI is InChI=1S/C21H19P.2ClH.Zr/c1-2-11-22(20-12-16-7-3-4-8-17(16)13-20)21-14-18-9-5-6-10-19(18)15-21;;;/h3-10,12-15H,2,11H2,1H3;2*1H;/q;;;+2/p-2. The number of rotatable bonds is 2. The van der Waals surface area contributed by atoms with Gasteiger partial charge in [-0.1, -0.05) is 0 Å². The van der Waals surface area contributed by atoms with Crippen molar-refractivity contribution in [1.82, 2.24) is 0 Å². The van der Waals surface area contributed by atoms with E-state index in [9.17, 15) is 0 Å². The van der Waals surface area contributed by atoms with Crippen molar-refractivity contribution in [1.29, 1.82) is 0 Å². The predicted molar refractivity (Wildman–Crippen MR) is 96.4 cm³/mol. The van der Waals surface area contributed by atoms with E-state index in [1.54, 1.807) is 11.1 Å². The molecule has 2 unspecified atom stereocenters. The third kappa shape index (κ3) is 3.06. The number of hydrogen-bond donors (Lipinski definition) is 0. The van der Waals surface area contributed by atoms with Crippen LogP contribution in [0.2, 0.25) is 0 Å². The second-order valence-corrected chi connectivity index (χ2v) is 12.6. The molecule has 3 aliphatic rings. The molecule has 0 amide bonds. The number of benzene rings is 2. The van der Waals surface area contributed by atoms with Gasteiger partial charge in [0.2, 0.25) is 0 Å². The molecule has 1 saturated heterocycles. The van der Waals surface area contributed by atoms with Gasteiger partial charge in [0.15, 0.2) is 0 Å². The monoisotopic (exact) mass is 462 g/mol. The fourth-order valence-corrected chi connectivity index (χ4v) is 14.4. The van der Waals surface area contributed by atoms with Crippen LogP contribution in [0.1, 0.15) is 42.8 Å². The quantitative estimate of drug-likeness (QED) is 0.557. The van der Waals surface area contributed by atoms with Crippen molar-refractivity contribution in [3.8, 4) is 0 Å². The van der Waals surface area contributed by atoms with E-state index in [0.717, 1.165) is 7.25 Å². The summed E-state index contributed by atoms with van der Waals surface area (Å²) in [5.41, 5.74) is 6.35. The van der Waals surface area contributed by atoms with Gasteiger partial charge in [-0.25, -0.2) is 0 Å². The molecule has 2 aromatic rings. The molecule has 2 atom stereocenters. The van der Waals surface area contributed by atoms with Gasteiger partial charge in [0, 0.05) is 0 Å². The average Bonchev–Trinajstić information content (AvgIpc) is 3.14. The molecule has 0 bridgehead atoms. The summed E-state index contributed by atoms with van der Waals surface area (Å²) in [6.07, 6.45) is 7.82. The molecule has 1 fully saturated rings. The molecule has 25 heavy (non-hydrogen) atoms. The zero-order valence-electron chi connectivity index (χ0n) is 14.0. The molecule has 0 nitrogen and oxygen atoms in total. The molecule has 0 spiro atoms. The van der Waals surface area contributed by atoms with Gasteiger partial charge < -0.3 is 24.8 Å². The first-order valence-electron chi connectivity index (χ1n) is 8.51. The van der Waals surface area contributed by atoms with Gasteiger partial charge >= 0.3 is 151 Å². The molecule has 5 rings (SSSR count). The van der Waals surface area contributed by atoms with Crippen molar-refractivity contribution in [2.24, 2.45) is 0 Å². The molecule has 126 valence electrons. The Bertz CT molecular complexity index is 791. The number of halogens is 2. The molecule has 0 radical (unpaired) electrons. The second kappa shape index (κ2) is 7.82. The van der Waals surface area contributed by atoms with Crippen LogP contribution >= 0.6 is 7.92 Å². The van der Waals surface area contributed by atoms with Crippen LogP contribution in [0.15, 0.2) is 59.2 Å². The van der Waals surface area contributed by atoms with E-state index < -0.39 is 23.2 Å². The molecule has 1 heterocycles. The number of hydrogen-bond acceptors (Lipinski definition) is 0. The summed E-state index contributed by atoms with van der Waals surface area (Å²) < 4.78 is 1.67. The minimum Gasteiger partial charge on any atom is -1.00 e. The zero-order chi connectivity index (χ0) is 15.4. The van der Waals surface area contributed by atoms with Crippen LogP contribution in [0.4, 0.5) is 0 Å². The van der Waals surface area contributed by atoms with E-state index >= 15 is 0 Å². The summed E-state index contributed by atoms with van der Waals surface area (Å²) in [7, 11) is -0.0806. The minimum atomic E-state index is -0.554. The second-order valence-electron chi connectivity index (χ2n) is 6.58. The van der Waals surface area contributed by atoms with Crippen molar-refractivity contribution in [2.45, 2.75) is 20.6 Å². The maximum absolute atomic E-state index is 2.57. The average molecular weight is 464 g/mol. The molecular weight excluding hydrogens is 445 g/mol. The van der Waals surface area contributed by atoms with Crippen LogP contribution in [0.25, 0.3) is 12.2 Å². The van der Waals surface area contributed by atoms with Gasteiger partial charge in [-0.2, -0.15) is 0 Å². The normalized spacial score (nSPS) is 24.0. The molecular formula is C21H19Cl2PZr. The van der Waals surface area contributed by atoms with Gasteiger partial charge in [0.25, 0.3) is 0 Å². The summed E-state index contributed by atoms with van der Waals surface area (Å²) in [4.78, 5) is 0. The smallest absolute Gasteiger partial charge is 1.00 e. The van der Waals surface area contributed by atoms with Crippen LogP contribution in [0.3, 0.4) is 0 Å². The fraction of sp³-hybridized carbons (Fsp3) is 0.238. The van der Waals surface area contributed by atoms with E-state index in [0.29, 0.717) is 0 Å². The zero-order valence-corrected chi connectivity index (χ0v) is 18.9. The summed E-state index contributed by atoms with van der Waals surface area (Å²) in [6, 6.07) is 18.4. The Morgan fingerprint density at radius 1 is 0.800 bits per heavy atom. The Morgan fingerprint density at radius 2 is 1.28 bits per heavy atom. The van der Waals surface area contributed by atoms with E-state index in [-0.39, 0.29) is 32.7 Å². The van der Waals surface area contributed by atoms with Crippen molar-refractivity contribution in [3.05, 3.63) is 81.4 Å². The van der Waals surface area contributed by atoms with Gasteiger partial charge in [0.05, 0.1) is 0 Å². The third-order valence-corrected chi connectivity index (χ3v) is 14.0. The largest absolute Gasteiger partial charge is 1.00 e. The van der Waals surface area contributed by atoms with E-state index in [4.69, 9.17) is 0 Å². The first-order valence-corrected chi connectivity index (χ1v) is 12.9. The van der Waals surface area contributed by atoms with Crippen molar-refractivity contribution < 1.29 is 48.0 Å². The Labute approximate surface area is 175 Å². The van der Waals surface area contributed by atoms with Crippen LogP contribution in [0.5, 0.6) is 0 Å². The van der Waals surface area contributed by atoms with E-state index in [1.807, 2.05) is 10.6 Å². The number of fused-ring (bicyclic) bond motifs is 6. The molecule has 4 heteroatoms. The molecule has 1 aliphatic heterocycles. The summed E-state index contributed by atoms with van der Waals surface area (Å²) in [5, 5.41) is 3.65. The van der Waals surface area contributed by atoms with Crippen molar-refractivity contribution in [2.75, 3.05) is 6.16 Å². The Morgan fingerprint density at radius 3 is 1.76 bits per heavy atom. The Kier molecular flexibility index (Phi) is 6.12. The van der Waals surface area contributed by atoms with Gasteiger partial charge in [0.1, 0.15) is 0 Å². The summed E-state index contributed by atoms with van der Waals surface area (Å²) in [5.74, 6) is 0. The van der Waals surface area contributed by atoms with Crippen LogP contribution in [-0.4, -0.2) is 6.16 Å². The molecule has 0 aromatic heterocycles. The SMILES string of the molecule is CCCP1C2=Cc3ccccc3[CH]2[Zr+2][CH]2C1=Cc1ccccc12.[Cl-].[Cl-]. The molecule has 2 aliphatic carbocycles. The molecule has 2 aromatic carbocycles. The number of allylic oxidation sites excluding steroid dienone is 2. The Balaban J connectivity index is 0.000000911. The molecule has 0 N–H and O–H groups in total. The maximum Gasteiger partial charge on any atom is -1.00 e. The predicted octanol–water partition coefficient (Wildman–Crippen LogP) is 0.174. The van der Waals surface area contributed by atoms with Crippen LogP contribution in [-0.2, 0) is 23.2 Å². The molecule has 0 saturated carbocycles. The third-order valence-electron chi connectivity index (χ3n) is 5.22. The van der Waals surface area contributed by atoms with E-state index in [2.05, 4.69) is 67.6 Å². The first-order chi connectivity index (χ1) is 11.4. The van der Waals surface area contributed by atoms with Gasteiger partial charge in [-0.3, -0.25) is 0 Å². The van der Waals surface area contributed by atoms with Crippen LogP contribution in [0, 0.1) is 0 Å². The van der Waals surface area contributed by atoms with Crippen molar-refractivity contribution in [3.63, 3.8) is 0 Å². The van der Waals surface area contributed by atoms with Gasteiger partial charge in [-0.05, 0) is 0 Å².